The Kier molecular flexibility index (Phi) is 3.53. The third kappa shape index (κ3) is 2.11. The van der Waals surface area contributed by atoms with Crippen molar-refractivity contribution < 1.29 is 4.79 Å². The molecular weight excluding hydrogens is 373 g/mol. The van der Waals surface area contributed by atoms with Crippen molar-refractivity contribution in [3.05, 3.63) is 27.3 Å². The molecular formula is C13H12IN3OS. The molecule has 4 nitrogen and oxygen atoms in total. The van der Waals surface area contributed by atoms with Crippen molar-refractivity contribution in [3.63, 3.8) is 0 Å². The summed E-state index contributed by atoms with van der Waals surface area (Å²) in [7, 11) is 1.81. The maximum atomic E-state index is 12.4. The predicted octanol–water partition coefficient (Wildman–Crippen LogP) is 2.50. The molecule has 0 saturated carbocycles. The van der Waals surface area contributed by atoms with E-state index in [1.807, 2.05) is 20.9 Å². The monoisotopic (exact) mass is 385 g/mol. The molecule has 0 aromatic heterocycles. The van der Waals surface area contributed by atoms with E-state index in [1.54, 1.807) is 23.1 Å². The molecule has 1 aliphatic heterocycles. The number of nitrogens with zero attached hydrogens (tertiary/aromatic N) is 3. The first-order chi connectivity index (χ1) is 8.80. The Morgan fingerprint density at radius 1 is 1.42 bits per heavy atom. The second-order valence-electron chi connectivity index (χ2n) is 4.82. The van der Waals surface area contributed by atoms with Gasteiger partial charge in [-0.25, -0.2) is 0 Å². The minimum Gasteiger partial charge on any atom is -0.337 e. The lowest BCUT2D eigenvalue weighted by Gasteiger charge is -2.24. The molecule has 0 aliphatic carbocycles. The SMILES string of the molecule is CN1C(=S)N(c2ccc(C#N)c(I)c2)C(=O)C1(C)C. The molecule has 0 unspecified atom stereocenters. The lowest BCUT2D eigenvalue weighted by atomic mass is 10.0. The third-order valence-electron chi connectivity index (χ3n) is 3.37. The Balaban J connectivity index is 2.49. The smallest absolute Gasteiger partial charge is 0.258 e. The van der Waals surface area contributed by atoms with E-state index in [-0.39, 0.29) is 5.91 Å². The number of likely N-dealkylation sites (N-methyl/N-ethyl adjacent to an activating group) is 1. The van der Waals surface area contributed by atoms with Crippen molar-refractivity contribution in [2.75, 3.05) is 11.9 Å². The van der Waals surface area contributed by atoms with Crippen molar-refractivity contribution in [2.24, 2.45) is 0 Å². The highest BCUT2D eigenvalue weighted by Crippen LogP contribution is 2.32. The van der Waals surface area contributed by atoms with Gasteiger partial charge in [-0.3, -0.25) is 9.69 Å². The average molecular weight is 385 g/mol. The largest absolute Gasteiger partial charge is 0.337 e. The number of benzene rings is 1. The molecule has 0 bridgehead atoms. The topological polar surface area (TPSA) is 47.3 Å². The lowest BCUT2D eigenvalue weighted by Crippen LogP contribution is -2.41. The van der Waals surface area contributed by atoms with E-state index in [2.05, 4.69) is 28.7 Å². The summed E-state index contributed by atoms with van der Waals surface area (Å²) in [6.07, 6.45) is 0. The molecule has 98 valence electrons. The fourth-order valence-electron chi connectivity index (χ4n) is 1.85. The molecule has 0 atom stereocenters. The minimum atomic E-state index is -0.642. The molecule has 0 N–H and O–H groups in total. The first-order valence-corrected chi connectivity index (χ1v) is 7.11. The standard InChI is InChI=1S/C13H12IN3OS/c1-13(2)11(18)17(12(19)16(13)3)9-5-4-8(7-15)10(14)6-9/h4-6H,1-3H3. The number of nitriles is 1. The van der Waals surface area contributed by atoms with Gasteiger partial charge in [-0.15, -0.1) is 0 Å². The Labute approximate surface area is 131 Å². The van der Waals surface area contributed by atoms with Gasteiger partial charge in [0.15, 0.2) is 5.11 Å². The van der Waals surface area contributed by atoms with Crippen LogP contribution in [0.15, 0.2) is 18.2 Å². The summed E-state index contributed by atoms with van der Waals surface area (Å²) in [4.78, 5) is 15.8. The molecule has 1 heterocycles. The van der Waals surface area contributed by atoms with Gasteiger partial charge in [-0.05, 0) is 66.9 Å². The second-order valence-corrected chi connectivity index (χ2v) is 6.34. The molecule has 2 rings (SSSR count). The normalized spacial score (nSPS) is 17.8. The highest BCUT2D eigenvalue weighted by atomic mass is 127. The van der Waals surface area contributed by atoms with Gasteiger partial charge in [0.2, 0.25) is 0 Å². The highest BCUT2D eigenvalue weighted by molar-refractivity contribution is 14.1. The van der Waals surface area contributed by atoms with Crippen LogP contribution < -0.4 is 4.90 Å². The Hall–Kier alpha value is -1.20. The molecule has 1 aromatic carbocycles. The van der Waals surface area contributed by atoms with Gasteiger partial charge >= 0.3 is 0 Å². The molecule has 1 aromatic rings. The van der Waals surface area contributed by atoms with Gasteiger partial charge in [-0.2, -0.15) is 5.26 Å². The van der Waals surface area contributed by atoms with Gasteiger partial charge in [-0.1, -0.05) is 0 Å². The van der Waals surface area contributed by atoms with Crippen LogP contribution in [0.4, 0.5) is 5.69 Å². The number of carbonyl (C=O) groups is 1. The fourth-order valence-corrected chi connectivity index (χ4v) is 2.89. The third-order valence-corrected chi connectivity index (χ3v) is 4.72. The molecule has 0 spiro atoms. The van der Waals surface area contributed by atoms with Gasteiger partial charge in [0.25, 0.3) is 5.91 Å². The number of hydrogen-bond acceptors (Lipinski definition) is 3. The van der Waals surface area contributed by atoms with Crippen molar-refractivity contribution in [1.29, 1.82) is 5.26 Å². The molecule has 6 heteroatoms. The van der Waals surface area contributed by atoms with Crippen molar-refractivity contribution >= 4 is 51.5 Å². The lowest BCUT2D eigenvalue weighted by molar-refractivity contribution is -0.123. The fraction of sp³-hybridized carbons (Fsp3) is 0.308. The molecule has 1 aliphatic rings. The number of hydrogen-bond donors (Lipinski definition) is 0. The molecule has 1 amide bonds. The zero-order valence-electron chi connectivity index (χ0n) is 10.8. The quantitative estimate of drug-likeness (QED) is 0.551. The van der Waals surface area contributed by atoms with Gasteiger partial charge in [0, 0.05) is 10.6 Å². The Morgan fingerprint density at radius 3 is 2.47 bits per heavy atom. The summed E-state index contributed by atoms with van der Waals surface area (Å²) >= 11 is 7.42. The summed E-state index contributed by atoms with van der Waals surface area (Å²) in [5.74, 6) is -0.0551. The number of carbonyl (C=O) groups excluding carboxylic acids is 1. The minimum absolute atomic E-state index is 0.0551. The Morgan fingerprint density at radius 2 is 2.05 bits per heavy atom. The van der Waals surface area contributed by atoms with Crippen LogP contribution in [-0.4, -0.2) is 28.5 Å². The summed E-state index contributed by atoms with van der Waals surface area (Å²) < 4.78 is 0.806. The van der Waals surface area contributed by atoms with Gasteiger partial charge in [0.05, 0.1) is 11.3 Å². The first-order valence-electron chi connectivity index (χ1n) is 5.62. The van der Waals surface area contributed by atoms with Crippen molar-refractivity contribution in [3.8, 4) is 6.07 Å². The highest BCUT2D eigenvalue weighted by Gasteiger charge is 2.47. The zero-order valence-corrected chi connectivity index (χ0v) is 13.7. The average Bonchev–Trinajstić information content (AvgIpc) is 2.51. The first kappa shape index (κ1) is 14.2. The van der Waals surface area contributed by atoms with E-state index in [9.17, 15) is 4.79 Å². The van der Waals surface area contributed by atoms with E-state index < -0.39 is 5.54 Å². The number of halogens is 1. The van der Waals surface area contributed by atoms with E-state index in [4.69, 9.17) is 17.5 Å². The molecule has 0 radical (unpaired) electrons. The summed E-state index contributed by atoms with van der Waals surface area (Å²) in [6.45, 7) is 3.69. The number of rotatable bonds is 1. The van der Waals surface area contributed by atoms with E-state index in [0.717, 1.165) is 3.57 Å². The van der Waals surface area contributed by atoms with Crippen LogP contribution in [0.5, 0.6) is 0 Å². The Bertz CT molecular complexity index is 621. The van der Waals surface area contributed by atoms with E-state index in [0.29, 0.717) is 16.4 Å². The van der Waals surface area contributed by atoms with E-state index >= 15 is 0 Å². The molecule has 1 fully saturated rings. The van der Waals surface area contributed by atoms with Crippen LogP contribution in [0.25, 0.3) is 0 Å². The maximum Gasteiger partial charge on any atom is 0.258 e. The second kappa shape index (κ2) is 4.72. The molecule has 19 heavy (non-hydrogen) atoms. The summed E-state index contributed by atoms with van der Waals surface area (Å²) in [6, 6.07) is 7.37. The van der Waals surface area contributed by atoms with Crippen LogP contribution in [0.2, 0.25) is 0 Å². The van der Waals surface area contributed by atoms with Crippen molar-refractivity contribution in [1.82, 2.24) is 4.90 Å². The maximum absolute atomic E-state index is 12.4. The van der Waals surface area contributed by atoms with Crippen LogP contribution in [0.3, 0.4) is 0 Å². The number of amides is 1. The van der Waals surface area contributed by atoms with Crippen LogP contribution in [-0.2, 0) is 4.79 Å². The van der Waals surface area contributed by atoms with Gasteiger partial charge in [0.1, 0.15) is 11.6 Å². The van der Waals surface area contributed by atoms with Crippen LogP contribution in [0.1, 0.15) is 19.4 Å². The predicted molar refractivity (Wildman–Crippen MR) is 85.8 cm³/mol. The summed E-state index contributed by atoms with van der Waals surface area (Å²) in [5.41, 5.74) is 0.654. The van der Waals surface area contributed by atoms with Crippen LogP contribution >= 0.6 is 34.8 Å². The summed E-state index contributed by atoms with van der Waals surface area (Å²) in [5, 5.41) is 9.42. The number of thiocarbonyl (C=S) groups is 1. The number of anilines is 1. The zero-order chi connectivity index (χ0) is 14.4. The van der Waals surface area contributed by atoms with Crippen molar-refractivity contribution in [2.45, 2.75) is 19.4 Å². The van der Waals surface area contributed by atoms with E-state index in [1.165, 1.54) is 4.90 Å². The van der Waals surface area contributed by atoms with Gasteiger partial charge < -0.3 is 4.90 Å². The molecule has 1 saturated heterocycles. The van der Waals surface area contributed by atoms with Crippen LogP contribution in [0, 0.1) is 14.9 Å².